The summed E-state index contributed by atoms with van der Waals surface area (Å²) in [6.07, 6.45) is 2.01. The molecule has 0 heterocycles. The first-order valence-corrected chi connectivity index (χ1v) is 7.37. The molecule has 0 fully saturated rings. The van der Waals surface area contributed by atoms with Crippen LogP contribution in [0.5, 0.6) is 5.75 Å². The summed E-state index contributed by atoms with van der Waals surface area (Å²) in [5.74, 6) is 0.483. The Hall–Kier alpha value is -1.75. The van der Waals surface area contributed by atoms with Gasteiger partial charge >= 0.3 is 0 Å². The third-order valence-corrected chi connectivity index (χ3v) is 3.61. The first-order valence-electron chi connectivity index (χ1n) is 7.37. The molecule has 5 heteroatoms. The maximum Gasteiger partial charge on any atom is 0.253 e. The lowest BCUT2D eigenvalue weighted by atomic mass is 10.1. The van der Waals surface area contributed by atoms with Crippen molar-refractivity contribution < 1.29 is 9.53 Å². The highest BCUT2D eigenvalue weighted by molar-refractivity contribution is 5.99. The van der Waals surface area contributed by atoms with Gasteiger partial charge in [0.2, 0.25) is 0 Å². The van der Waals surface area contributed by atoms with E-state index in [1.807, 2.05) is 0 Å². The molecule has 0 aliphatic heterocycles. The summed E-state index contributed by atoms with van der Waals surface area (Å²) in [5.41, 5.74) is 6.76. The van der Waals surface area contributed by atoms with Gasteiger partial charge in [-0.05, 0) is 58.5 Å². The molecule has 0 unspecified atom stereocenters. The summed E-state index contributed by atoms with van der Waals surface area (Å²) in [6.45, 7) is 6.04. The van der Waals surface area contributed by atoms with E-state index >= 15 is 0 Å². The van der Waals surface area contributed by atoms with E-state index in [0.717, 1.165) is 19.4 Å². The predicted molar refractivity (Wildman–Crippen MR) is 86.7 cm³/mol. The molecule has 0 aliphatic carbocycles. The number of hydrogen-bond donors (Lipinski definition) is 2. The van der Waals surface area contributed by atoms with E-state index < -0.39 is 0 Å². The third-order valence-electron chi connectivity index (χ3n) is 3.61. The van der Waals surface area contributed by atoms with Crippen LogP contribution >= 0.6 is 0 Å². The van der Waals surface area contributed by atoms with E-state index in [2.05, 4.69) is 31.1 Å². The Labute approximate surface area is 127 Å². The van der Waals surface area contributed by atoms with Gasteiger partial charge < -0.3 is 20.7 Å². The Morgan fingerprint density at radius 3 is 2.71 bits per heavy atom. The van der Waals surface area contributed by atoms with Crippen molar-refractivity contribution in [1.29, 1.82) is 0 Å². The number of amides is 1. The van der Waals surface area contributed by atoms with Gasteiger partial charge in [-0.2, -0.15) is 0 Å². The molecular formula is C16H27N3O2. The van der Waals surface area contributed by atoms with Crippen LogP contribution in [-0.4, -0.2) is 44.1 Å². The number of methoxy groups -OCH3 is 1. The maximum absolute atomic E-state index is 12.1. The second kappa shape index (κ2) is 8.52. The van der Waals surface area contributed by atoms with Gasteiger partial charge in [0.25, 0.3) is 5.91 Å². The molecule has 5 nitrogen and oxygen atoms in total. The van der Waals surface area contributed by atoms with Crippen LogP contribution < -0.4 is 15.8 Å². The van der Waals surface area contributed by atoms with Crippen LogP contribution in [0, 0.1) is 0 Å². The molecule has 0 spiro atoms. The van der Waals surface area contributed by atoms with Gasteiger partial charge in [-0.1, -0.05) is 0 Å². The number of nitrogens with one attached hydrogen (secondary N) is 1. The minimum Gasteiger partial charge on any atom is -0.497 e. The van der Waals surface area contributed by atoms with Crippen molar-refractivity contribution in [2.24, 2.45) is 0 Å². The predicted octanol–water partition coefficient (Wildman–Crippen LogP) is 2.13. The van der Waals surface area contributed by atoms with E-state index in [0.29, 0.717) is 29.6 Å². The molecule has 1 aromatic carbocycles. The highest BCUT2D eigenvalue weighted by atomic mass is 16.5. The van der Waals surface area contributed by atoms with Gasteiger partial charge in [0, 0.05) is 18.3 Å². The van der Waals surface area contributed by atoms with Crippen LogP contribution in [0.3, 0.4) is 0 Å². The first kappa shape index (κ1) is 17.3. The molecule has 0 atom stereocenters. The van der Waals surface area contributed by atoms with Crippen LogP contribution in [0.15, 0.2) is 18.2 Å². The zero-order valence-electron chi connectivity index (χ0n) is 13.5. The number of nitrogens with two attached hydrogens (primary N) is 1. The number of anilines is 1. The number of ether oxygens (including phenoxy) is 1. The van der Waals surface area contributed by atoms with Gasteiger partial charge in [-0.3, -0.25) is 4.79 Å². The fraction of sp³-hybridized carbons (Fsp3) is 0.562. The van der Waals surface area contributed by atoms with E-state index in [4.69, 9.17) is 10.5 Å². The number of carbonyl (C=O) groups is 1. The molecule has 1 amide bonds. The number of nitrogens with zero attached hydrogens (tertiary/aromatic N) is 1. The summed E-state index contributed by atoms with van der Waals surface area (Å²) in [4.78, 5) is 14.4. The fourth-order valence-electron chi connectivity index (χ4n) is 1.90. The van der Waals surface area contributed by atoms with Crippen molar-refractivity contribution in [3.8, 4) is 5.75 Å². The Bertz CT molecular complexity index is 461. The highest BCUT2D eigenvalue weighted by Gasteiger charge is 2.10. The van der Waals surface area contributed by atoms with Gasteiger partial charge in [0.05, 0.1) is 12.7 Å². The molecule has 21 heavy (non-hydrogen) atoms. The van der Waals surface area contributed by atoms with Gasteiger partial charge in [-0.25, -0.2) is 0 Å². The lowest BCUT2D eigenvalue weighted by Gasteiger charge is -2.20. The maximum atomic E-state index is 12.1. The van der Waals surface area contributed by atoms with E-state index in [9.17, 15) is 4.79 Å². The van der Waals surface area contributed by atoms with Gasteiger partial charge in [0.1, 0.15) is 5.75 Å². The largest absolute Gasteiger partial charge is 0.497 e. The van der Waals surface area contributed by atoms with Gasteiger partial charge in [-0.15, -0.1) is 0 Å². The molecule has 118 valence electrons. The Kier molecular flexibility index (Phi) is 7.02. The molecule has 0 bridgehead atoms. The number of carbonyl (C=O) groups excluding carboxylic acids is 1. The monoisotopic (exact) mass is 293 g/mol. The van der Waals surface area contributed by atoms with Crippen molar-refractivity contribution in [3.63, 3.8) is 0 Å². The molecule has 0 saturated heterocycles. The molecule has 0 aliphatic rings. The highest BCUT2D eigenvalue weighted by Crippen LogP contribution is 2.19. The number of unbranched alkanes of at least 4 members (excludes halogenated alkanes) is 1. The standard InChI is InChI=1S/C16H27N3O2/c1-12(2)19(3)10-6-5-9-18-16(20)14-11-13(21-4)7-8-15(14)17/h7-8,11-12H,5-6,9-10,17H2,1-4H3,(H,18,20). The third kappa shape index (κ3) is 5.63. The molecule has 3 N–H and O–H groups in total. The second-order valence-electron chi connectivity index (χ2n) is 5.49. The lowest BCUT2D eigenvalue weighted by Crippen LogP contribution is -2.29. The van der Waals surface area contributed by atoms with Crippen LogP contribution in [0.1, 0.15) is 37.0 Å². The number of hydrogen-bond acceptors (Lipinski definition) is 4. The van der Waals surface area contributed by atoms with Crippen molar-refractivity contribution in [1.82, 2.24) is 10.2 Å². The Morgan fingerprint density at radius 1 is 1.38 bits per heavy atom. The van der Waals surface area contributed by atoms with E-state index in [1.165, 1.54) is 0 Å². The topological polar surface area (TPSA) is 67.6 Å². The smallest absolute Gasteiger partial charge is 0.253 e. The van der Waals surface area contributed by atoms with Crippen molar-refractivity contribution in [3.05, 3.63) is 23.8 Å². The minimum absolute atomic E-state index is 0.149. The van der Waals surface area contributed by atoms with Crippen LogP contribution in [-0.2, 0) is 0 Å². The van der Waals surface area contributed by atoms with Crippen molar-refractivity contribution in [2.45, 2.75) is 32.7 Å². The molecule has 0 saturated carbocycles. The Morgan fingerprint density at radius 2 is 2.10 bits per heavy atom. The van der Waals surface area contributed by atoms with Gasteiger partial charge in [0.15, 0.2) is 0 Å². The normalized spacial score (nSPS) is 11.0. The lowest BCUT2D eigenvalue weighted by molar-refractivity contribution is 0.0953. The summed E-state index contributed by atoms with van der Waals surface area (Å²) in [5, 5.41) is 2.90. The average Bonchev–Trinajstić information content (AvgIpc) is 2.46. The zero-order valence-corrected chi connectivity index (χ0v) is 13.5. The number of nitrogen functional groups attached to an aromatic ring is 1. The fourth-order valence-corrected chi connectivity index (χ4v) is 1.90. The van der Waals surface area contributed by atoms with Crippen LogP contribution in [0.25, 0.3) is 0 Å². The molecule has 1 rings (SSSR count). The number of rotatable bonds is 8. The summed E-state index contributed by atoms with van der Waals surface area (Å²) >= 11 is 0. The van der Waals surface area contributed by atoms with E-state index in [1.54, 1.807) is 25.3 Å². The average molecular weight is 293 g/mol. The minimum atomic E-state index is -0.149. The summed E-state index contributed by atoms with van der Waals surface area (Å²) in [6, 6.07) is 5.65. The summed E-state index contributed by atoms with van der Waals surface area (Å²) in [7, 11) is 3.68. The zero-order chi connectivity index (χ0) is 15.8. The quantitative estimate of drug-likeness (QED) is 0.569. The SMILES string of the molecule is COc1ccc(N)c(C(=O)NCCCCN(C)C(C)C)c1. The second-order valence-corrected chi connectivity index (χ2v) is 5.49. The summed E-state index contributed by atoms with van der Waals surface area (Å²) < 4.78 is 5.11. The molecule has 0 radical (unpaired) electrons. The number of benzene rings is 1. The van der Waals surface area contributed by atoms with Crippen molar-refractivity contribution in [2.75, 3.05) is 33.0 Å². The molecular weight excluding hydrogens is 266 g/mol. The Balaban J connectivity index is 2.37. The van der Waals surface area contributed by atoms with E-state index in [-0.39, 0.29) is 5.91 Å². The molecule has 1 aromatic rings. The first-order chi connectivity index (χ1) is 9.95. The van der Waals surface area contributed by atoms with Crippen LogP contribution in [0.4, 0.5) is 5.69 Å². The van der Waals surface area contributed by atoms with Crippen LogP contribution in [0.2, 0.25) is 0 Å². The molecule has 0 aromatic heterocycles. The van der Waals surface area contributed by atoms with Crippen molar-refractivity contribution >= 4 is 11.6 Å².